The molecule has 0 amide bonds. The van der Waals surface area contributed by atoms with E-state index in [1.54, 1.807) is 25.7 Å². The van der Waals surface area contributed by atoms with Gasteiger partial charge in [0.2, 0.25) is 0 Å². The minimum atomic E-state index is 0.663. The first-order valence-corrected chi connectivity index (χ1v) is 26.7. The molecule has 0 aromatic heterocycles. The lowest BCUT2D eigenvalue weighted by Gasteiger charge is -2.35. The van der Waals surface area contributed by atoms with Crippen molar-refractivity contribution in [2.24, 2.45) is 5.41 Å². The zero-order valence-electron chi connectivity index (χ0n) is 39.1. The van der Waals surface area contributed by atoms with Gasteiger partial charge in [0.15, 0.2) is 0 Å². The predicted octanol–water partition coefficient (Wildman–Crippen LogP) is 21.2. The molecule has 0 spiro atoms. The quantitative estimate of drug-likeness (QED) is 0.0542. The molecule has 0 saturated heterocycles. The minimum Gasteiger partial charge on any atom is -0.0654 e. The molecular weight excluding hydrogens is 649 g/mol. The Balaban J connectivity index is 4.88. The third-order valence-electron chi connectivity index (χ3n) is 13.5. The van der Waals surface area contributed by atoms with Crippen LogP contribution in [0.1, 0.15) is 342 Å². The average Bonchev–Trinajstić information content (AvgIpc) is 3.18. The molecule has 0 aromatic rings. The fourth-order valence-corrected chi connectivity index (χ4v) is 9.58. The normalized spacial score (nSPS) is 12.0. The fraction of sp³-hybridized carbons (Fsp3) is 1.00. The van der Waals surface area contributed by atoms with Crippen molar-refractivity contribution in [1.82, 2.24) is 0 Å². The standard InChI is InChI=1S/C54H110/c1-5-9-13-17-21-25-29-32-36-40-44-48-52-54(50-46-42-38-34-28-24-20-16-12-8-4,51-47-43-39-35-31-27-23-19-15-11-7-3)53-49-45-41-37-33-30-26-22-18-14-10-6-2/h5-53H2,1-4H3. The Morgan fingerprint density at radius 2 is 0.259 bits per heavy atom. The van der Waals surface area contributed by atoms with E-state index in [9.17, 15) is 0 Å². The molecule has 0 radical (unpaired) electrons. The molecule has 0 aliphatic carbocycles. The van der Waals surface area contributed by atoms with Crippen molar-refractivity contribution < 1.29 is 0 Å². The van der Waals surface area contributed by atoms with Gasteiger partial charge in [-0.1, -0.05) is 317 Å². The summed E-state index contributed by atoms with van der Waals surface area (Å²) in [6.45, 7) is 9.34. The van der Waals surface area contributed by atoms with Gasteiger partial charge in [-0.05, 0) is 31.1 Å². The lowest BCUT2D eigenvalue weighted by atomic mass is 9.70. The minimum absolute atomic E-state index is 0.663. The van der Waals surface area contributed by atoms with Crippen LogP contribution in [0.3, 0.4) is 0 Å². The highest BCUT2D eigenvalue weighted by molar-refractivity contribution is 4.80. The van der Waals surface area contributed by atoms with E-state index in [1.165, 1.54) is 289 Å². The van der Waals surface area contributed by atoms with Crippen LogP contribution in [0.2, 0.25) is 0 Å². The molecule has 326 valence electrons. The second-order valence-corrected chi connectivity index (χ2v) is 19.0. The summed E-state index contributed by atoms with van der Waals surface area (Å²) in [6.07, 6.45) is 72.7. The molecule has 54 heavy (non-hydrogen) atoms. The van der Waals surface area contributed by atoms with Gasteiger partial charge in [-0.2, -0.15) is 0 Å². The highest BCUT2D eigenvalue weighted by atomic mass is 14.3. The van der Waals surface area contributed by atoms with Crippen LogP contribution in [0, 0.1) is 5.41 Å². The van der Waals surface area contributed by atoms with E-state index in [0.717, 1.165) is 0 Å². The molecule has 0 atom stereocenters. The first kappa shape index (κ1) is 54.0. The van der Waals surface area contributed by atoms with Gasteiger partial charge in [-0.15, -0.1) is 0 Å². The first-order chi connectivity index (χ1) is 26.7. The van der Waals surface area contributed by atoms with Crippen LogP contribution in [0.15, 0.2) is 0 Å². The molecule has 0 bridgehead atoms. The Bertz CT molecular complexity index is 606. The monoisotopic (exact) mass is 759 g/mol. The van der Waals surface area contributed by atoms with Gasteiger partial charge in [-0.25, -0.2) is 0 Å². The van der Waals surface area contributed by atoms with Gasteiger partial charge < -0.3 is 0 Å². The Morgan fingerprint density at radius 1 is 0.148 bits per heavy atom. The van der Waals surface area contributed by atoms with Gasteiger partial charge in [-0.3, -0.25) is 0 Å². The SMILES string of the molecule is CCCCCCCCCCCCCCC(CCCCCCCCCCCC)(CCCCCCCCCCCCC)CCCCCCCCCCCCCC. The second-order valence-electron chi connectivity index (χ2n) is 19.0. The Kier molecular flexibility index (Phi) is 47.4. The highest BCUT2D eigenvalue weighted by Gasteiger charge is 2.28. The van der Waals surface area contributed by atoms with Crippen molar-refractivity contribution in [2.75, 3.05) is 0 Å². The molecule has 0 unspecified atom stereocenters. The maximum atomic E-state index is 2.34. The Hall–Kier alpha value is 0. The maximum Gasteiger partial charge on any atom is -0.0297 e. The summed E-state index contributed by atoms with van der Waals surface area (Å²) >= 11 is 0. The van der Waals surface area contributed by atoms with E-state index < -0.39 is 0 Å². The molecule has 0 rings (SSSR count). The average molecular weight is 759 g/mol. The molecular formula is C54H110. The van der Waals surface area contributed by atoms with Gasteiger partial charge in [0, 0.05) is 0 Å². The van der Waals surface area contributed by atoms with Crippen LogP contribution in [-0.2, 0) is 0 Å². The summed E-state index contributed by atoms with van der Waals surface area (Å²) in [7, 11) is 0. The van der Waals surface area contributed by atoms with E-state index in [1.807, 2.05) is 0 Å². The van der Waals surface area contributed by atoms with E-state index in [4.69, 9.17) is 0 Å². The fourth-order valence-electron chi connectivity index (χ4n) is 9.58. The summed E-state index contributed by atoms with van der Waals surface area (Å²) < 4.78 is 0. The van der Waals surface area contributed by atoms with Crippen molar-refractivity contribution in [1.29, 1.82) is 0 Å². The van der Waals surface area contributed by atoms with Crippen LogP contribution < -0.4 is 0 Å². The van der Waals surface area contributed by atoms with Gasteiger partial charge in [0.05, 0.1) is 0 Å². The van der Waals surface area contributed by atoms with Crippen molar-refractivity contribution in [3.05, 3.63) is 0 Å². The molecule has 0 N–H and O–H groups in total. The van der Waals surface area contributed by atoms with E-state index in [-0.39, 0.29) is 0 Å². The van der Waals surface area contributed by atoms with Gasteiger partial charge in [0.1, 0.15) is 0 Å². The van der Waals surface area contributed by atoms with Crippen molar-refractivity contribution in [2.45, 2.75) is 342 Å². The molecule has 0 heteroatoms. The summed E-state index contributed by atoms with van der Waals surface area (Å²) in [5, 5.41) is 0. The number of hydrogen-bond acceptors (Lipinski definition) is 0. The van der Waals surface area contributed by atoms with E-state index in [2.05, 4.69) is 27.7 Å². The number of unbranched alkanes of at least 4 members (excludes halogenated alkanes) is 41. The zero-order valence-corrected chi connectivity index (χ0v) is 39.1. The van der Waals surface area contributed by atoms with Crippen LogP contribution >= 0.6 is 0 Å². The summed E-state index contributed by atoms with van der Waals surface area (Å²) in [5.74, 6) is 0. The molecule has 0 aliphatic heterocycles. The van der Waals surface area contributed by atoms with Gasteiger partial charge >= 0.3 is 0 Å². The Morgan fingerprint density at radius 3 is 0.389 bits per heavy atom. The number of rotatable bonds is 49. The second kappa shape index (κ2) is 47.4. The van der Waals surface area contributed by atoms with Gasteiger partial charge in [0.25, 0.3) is 0 Å². The molecule has 0 aromatic carbocycles. The highest BCUT2D eigenvalue weighted by Crippen LogP contribution is 2.42. The van der Waals surface area contributed by atoms with Crippen molar-refractivity contribution in [3.8, 4) is 0 Å². The smallest absolute Gasteiger partial charge is 0.0297 e. The molecule has 0 fully saturated rings. The van der Waals surface area contributed by atoms with Crippen LogP contribution in [0.5, 0.6) is 0 Å². The molecule has 0 nitrogen and oxygen atoms in total. The summed E-state index contributed by atoms with van der Waals surface area (Å²) in [5.41, 5.74) is 0.663. The van der Waals surface area contributed by atoms with Crippen LogP contribution in [0.25, 0.3) is 0 Å². The summed E-state index contributed by atoms with van der Waals surface area (Å²) in [6, 6.07) is 0. The molecule has 0 aliphatic rings. The van der Waals surface area contributed by atoms with Crippen LogP contribution in [0.4, 0.5) is 0 Å². The topological polar surface area (TPSA) is 0 Å². The lowest BCUT2D eigenvalue weighted by Crippen LogP contribution is -2.21. The largest absolute Gasteiger partial charge is 0.0654 e. The Labute approximate surface area is 346 Å². The third kappa shape index (κ3) is 41.6. The summed E-state index contributed by atoms with van der Waals surface area (Å²) in [4.78, 5) is 0. The third-order valence-corrected chi connectivity index (χ3v) is 13.5. The van der Waals surface area contributed by atoms with Crippen molar-refractivity contribution in [3.63, 3.8) is 0 Å². The predicted molar refractivity (Wildman–Crippen MR) is 251 cm³/mol. The number of hydrogen-bond donors (Lipinski definition) is 0. The maximum absolute atomic E-state index is 2.34. The molecule has 0 heterocycles. The lowest BCUT2D eigenvalue weighted by molar-refractivity contribution is 0.171. The van der Waals surface area contributed by atoms with Crippen molar-refractivity contribution >= 4 is 0 Å². The molecule has 0 saturated carbocycles. The van der Waals surface area contributed by atoms with E-state index >= 15 is 0 Å². The van der Waals surface area contributed by atoms with E-state index in [0.29, 0.717) is 5.41 Å². The first-order valence-electron chi connectivity index (χ1n) is 26.7. The van der Waals surface area contributed by atoms with Crippen LogP contribution in [-0.4, -0.2) is 0 Å². The zero-order chi connectivity index (χ0) is 39.1.